The van der Waals surface area contributed by atoms with Crippen LogP contribution < -0.4 is 5.32 Å². The van der Waals surface area contributed by atoms with E-state index in [1.807, 2.05) is 6.07 Å². The van der Waals surface area contributed by atoms with Crippen LogP contribution in [-0.4, -0.2) is 48.6 Å². The van der Waals surface area contributed by atoms with Gasteiger partial charge in [-0.15, -0.1) is 11.3 Å². The van der Waals surface area contributed by atoms with Crippen molar-refractivity contribution in [2.75, 3.05) is 26.0 Å². The maximum atomic E-state index is 12.4. The molecule has 25 heavy (non-hydrogen) atoms. The smallest absolute Gasteiger partial charge is 0.281 e. The van der Waals surface area contributed by atoms with E-state index < -0.39 is 10.2 Å². The molecule has 1 aromatic carbocycles. The van der Waals surface area contributed by atoms with Gasteiger partial charge in [-0.25, -0.2) is 4.98 Å². The first-order valence-corrected chi connectivity index (χ1v) is 10.5. The van der Waals surface area contributed by atoms with Crippen molar-refractivity contribution in [1.29, 1.82) is 0 Å². The molecule has 3 rings (SSSR count). The Bertz CT molecular complexity index is 911. The fourth-order valence-corrected chi connectivity index (χ4v) is 5.10. The van der Waals surface area contributed by atoms with Gasteiger partial charge in [0.2, 0.25) is 0 Å². The van der Waals surface area contributed by atoms with Crippen molar-refractivity contribution in [2.45, 2.75) is 13.0 Å². The zero-order valence-corrected chi connectivity index (χ0v) is 16.9. The average Bonchev–Trinajstić information content (AvgIpc) is 2.96. The second-order valence-electron chi connectivity index (χ2n) is 5.70. The minimum atomic E-state index is -3.45. The van der Waals surface area contributed by atoms with Crippen LogP contribution in [0.4, 0.5) is 5.13 Å². The van der Waals surface area contributed by atoms with E-state index in [4.69, 9.17) is 0 Å². The average molecular weight is 445 g/mol. The van der Waals surface area contributed by atoms with Gasteiger partial charge in [-0.05, 0) is 28.1 Å². The summed E-state index contributed by atoms with van der Waals surface area (Å²) in [6, 6.07) is 7.14. The molecule has 1 N–H and O–H groups in total. The van der Waals surface area contributed by atoms with E-state index >= 15 is 0 Å². The van der Waals surface area contributed by atoms with Crippen molar-refractivity contribution in [2.24, 2.45) is 0 Å². The highest BCUT2D eigenvalue weighted by molar-refractivity contribution is 9.10. The summed E-state index contributed by atoms with van der Waals surface area (Å²) in [5, 5.41) is 3.27. The van der Waals surface area contributed by atoms with Gasteiger partial charge in [0, 0.05) is 36.4 Å². The summed E-state index contributed by atoms with van der Waals surface area (Å²) >= 11 is 4.67. The molecule has 0 bridgehead atoms. The summed E-state index contributed by atoms with van der Waals surface area (Å²) in [6.07, 6.45) is 0.532. The largest absolute Gasteiger partial charge is 0.298 e. The Morgan fingerprint density at radius 2 is 2.08 bits per heavy atom. The molecule has 0 radical (unpaired) electrons. The standard InChI is InChI=1S/C15H17BrN4O3S2/c1-19(2)25(22,23)20-8-7-12-13(9-20)24-15(17-12)18-14(21)10-5-3-4-6-11(10)16/h3-6H,7-9H2,1-2H3,(H,17,18,21). The maximum absolute atomic E-state index is 12.4. The zero-order chi connectivity index (χ0) is 18.2. The molecule has 1 aliphatic rings. The Morgan fingerprint density at radius 1 is 1.36 bits per heavy atom. The van der Waals surface area contributed by atoms with Gasteiger partial charge in [0.25, 0.3) is 16.1 Å². The van der Waals surface area contributed by atoms with E-state index in [9.17, 15) is 13.2 Å². The summed E-state index contributed by atoms with van der Waals surface area (Å²) in [7, 11) is -0.423. The van der Waals surface area contributed by atoms with E-state index in [0.717, 1.165) is 10.6 Å². The summed E-state index contributed by atoms with van der Waals surface area (Å²) in [6.45, 7) is 0.660. The number of thiazole rings is 1. The number of halogens is 1. The fourth-order valence-electron chi connectivity index (χ4n) is 2.46. The minimum Gasteiger partial charge on any atom is -0.298 e. The van der Waals surface area contributed by atoms with Crippen LogP contribution in [0.15, 0.2) is 28.7 Å². The molecule has 0 fully saturated rings. The molecule has 0 spiro atoms. The number of amides is 1. The Morgan fingerprint density at radius 3 is 2.76 bits per heavy atom. The minimum absolute atomic E-state index is 0.253. The van der Waals surface area contributed by atoms with E-state index in [0.29, 0.717) is 28.1 Å². The molecule has 1 amide bonds. The predicted octanol–water partition coefficient (Wildman–Crippen LogP) is 2.32. The van der Waals surface area contributed by atoms with Crippen LogP contribution in [-0.2, 0) is 23.2 Å². The normalized spacial score (nSPS) is 15.2. The third kappa shape index (κ3) is 3.77. The number of anilines is 1. The van der Waals surface area contributed by atoms with Gasteiger partial charge in [0.15, 0.2) is 5.13 Å². The third-order valence-electron chi connectivity index (χ3n) is 3.82. The number of fused-ring (bicyclic) bond motifs is 1. The zero-order valence-electron chi connectivity index (χ0n) is 13.7. The number of hydrogen-bond donors (Lipinski definition) is 1. The maximum Gasteiger partial charge on any atom is 0.281 e. The number of carbonyl (C=O) groups is 1. The lowest BCUT2D eigenvalue weighted by molar-refractivity contribution is 0.102. The molecular weight excluding hydrogens is 428 g/mol. The van der Waals surface area contributed by atoms with Crippen LogP contribution >= 0.6 is 27.3 Å². The molecule has 2 aromatic rings. The molecule has 134 valence electrons. The van der Waals surface area contributed by atoms with Crippen molar-refractivity contribution in [3.63, 3.8) is 0 Å². The number of rotatable bonds is 4. The van der Waals surface area contributed by atoms with Gasteiger partial charge in [-0.2, -0.15) is 17.0 Å². The molecule has 2 heterocycles. The number of aromatic nitrogens is 1. The molecule has 0 saturated heterocycles. The lowest BCUT2D eigenvalue weighted by atomic mass is 10.2. The molecule has 0 aliphatic carbocycles. The van der Waals surface area contributed by atoms with Crippen molar-refractivity contribution in [3.05, 3.63) is 44.9 Å². The van der Waals surface area contributed by atoms with Crippen molar-refractivity contribution in [3.8, 4) is 0 Å². The topological polar surface area (TPSA) is 82.6 Å². The van der Waals surface area contributed by atoms with E-state index in [-0.39, 0.29) is 12.5 Å². The molecule has 0 saturated carbocycles. The number of carbonyl (C=O) groups excluding carboxylic acids is 1. The molecule has 1 aliphatic heterocycles. The van der Waals surface area contributed by atoms with Crippen LogP contribution in [0, 0.1) is 0 Å². The Labute approximate surface area is 159 Å². The van der Waals surface area contributed by atoms with Gasteiger partial charge in [0.1, 0.15) is 0 Å². The summed E-state index contributed by atoms with van der Waals surface area (Å²) in [4.78, 5) is 17.7. The first-order valence-electron chi connectivity index (χ1n) is 7.51. The lowest BCUT2D eigenvalue weighted by Crippen LogP contribution is -2.42. The Balaban J connectivity index is 1.77. The van der Waals surface area contributed by atoms with Crippen molar-refractivity contribution in [1.82, 2.24) is 13.6 Å². The van der Waals surface area contributed by atoms with Crippen LogP contribution in [0.3, 0.4) is 0 Å². The Kier molecular flexibility index (Phi) is 5.26. The Hall–Kier alpha value is -1.33. The van der Waals surface area contributed by atoms with Crippen LogP contribution in [0.2, 0.25) is 0 Å². The van der Waals surface area contributed by atoms with Crippen molar-refractivity contribution < 1.29 is 13.2 Å². The number of nitrogens with one attached hydrogen (secondary N) is 1. The first-order chi connectivity index (χ1) is 11.8. The number of benzene rings is 1. The molecule has 7 nitrogen and oxygen atoms in total. The van der Waals surface area contributed by atoms with Gasteiger partial charge in [-0.3, -0.25) is 10.1 Å². The molecule has 10 heteroatoms. The summed E-state index contributed by atoms with van der Waals surface area (Å²) < 4.78 is 27.9. The molecule has 1 aromatic heterocycles. The highest BCUT2D eigenvalue weighted by atomic mass is 79.9. The fraction of sp³-hybridized carbons (Fsp3) is 0.333. The second-order valence-corrected chi connectivity index (χ2v) is 9.78. The molecule has 0 unspecified atom stereocenters. The third-order valence-corrected chi connectivity index (χ3v) is 7.40. The van der Waals surface area contributed by atoms with Gasteiger partial charge in [-0.1, -0.05) is 12.1 Å². The highest BCUT2D eigenvalue weighted by Gasteiger charge is 2.30. The lowest BCUT2D eigenvalue weighted by Gasteiger charge is -2.27. The van der Waals surface area contributed by atoms with E-state index in [1.54, 1.807) is 18.2 Å². The SMILES string of the molecule is CN(C)S(=O)(=O)N1CCc2nc(NC(=O)c3ccccc3Br)sc2C1. The van der Waals surface area contributed by atoms with Crippen LogP contribution in [0.1, 0.15) is 20.9 Å². The van der Waals surface area contributed by atoms with E-state index in [2.05, 4.69) is 26.2 Å². The van der Waals surface area contributed by atoms with Crippen LogP contribution in [0.5, 0.6) is 0 Å². The highest BCUT2D eigenvalue weighted by Crippen LogP contribution is 2.30. The van der Waals surface area contributed by atoms with Gasteiger partial charge < -0.3 is 0 Å². The summed E-state index contributed by atoms with van der Waals surface area (Å²) in [5.41, 5.74) is 1.37. The molecular formula is C15H17BrN4O3S2. The van der Waals surface area contributed by atoms with Crippen LogP contribution in [0.25, 0.3) is 0 Å². The predicted molar refractivity (Wildman–Crippen MR) is 101 cm³/mol. The van der Waals surface area contributed by atoms with E-state index in [1.165, 1.54) is 34.0 Å². The molecule has 0 atom stereocenters. The van der Waals surface area contributed by atoms with Crippen molar-refractivity contribution >= 4 is 48.5 Å². The number of nitrogens with zero attached hydrogens (tertiary/aromatic N) is 3. The first kappa shape index (κ1) is 18.5. The number of hydrogen-bond acceptors (Lipinski definition) is 5. The summed E-state index contributed by atoms with van der Waals surface area (Å²) in [5.74, 6) is -0.253. The second kappa shape index (κ2) is 7.12. The quantitative estimate of drug-likeness (QED) is 0.783. The van der Waals surface area contributed by atoms with Gasteiger partial charge >= 0.3 is 0 Å². The monoisotopic (exact) mass is 444 g/mol. The van der Waals surface area contributed by atoms with Gasteiger partial charge in [0.05, 0.1) is 17.8 Å².